The molecule has 3 aromatic carbocycles. The number of rotatable bonds is 10. The Hall–Kier alpha value is -4.00. The molecule has 7 nitrogen and oxygen atoms in total. The maximum atomic E-state index is 12.2. The van der Waals surface area contributed by atoms with Gasteiger partial charge in [-0.05, 0) is 49.1 Å². The van der Waals surface area contributed by atoms with E-state index in [9.17, 15) is 9.59 Å². The highest BCUT2D eigenvalue weighted by atomic mass is 16.5. The number of benzene rings is 3. The maximum Gasteiger partial charge on any atom is 0.305 e. The summed E-state index contributed by atoms with van der Waals surface area (Å²) in [6.07, 6.45) is 2.70. The summed E-state index contributed by atoms with van der Waals surface area (Å²) < 4.78 is 10.7. The fourth-order valence-corrected chi connectivity index (χ4v) is 4.29. The number of carbonyl (C=O) groups excluding carboxylic acids is 2. The number of hydrazine groups is 1. The van der Waals surface area contributed by atoms with E-state index in [0.717, 1.165) is 47.6 Å². The summed E-state index contributed by atoms with van der Waals surface area (Å²) in [6, 6.07) is 26.2. The highest BCUT2D eigenvalue weighted by Crippen LogP contribution is 2.50. The van der Waals surface area contributed by atoms with Gasteiger partial charge in [0.05, 0.1) is 25.1 Å². The van der Waals surface area contributed by atoms with Crippen LogP contribution in [-0.2, 0) is 14.3 Å². The lowest BCUT2D eigenvalue weighted by molar-refractivity contribution is -0.140. The van der Waals surface area contributed by atoms with Gasteiger partial charge in [-0.25, -0.2) is 0 Å². The predicted molar refractivity (Wildman–Crippen MR) is 136 cm³/mol. The number of nitrogens with one attached hydrogen (secondary N) is 1. The number of methoxy groups -OCH3 is 1. The van der Waals surface area contributed by atoms with Crippen LogP contribution < -0.4 is 20.1 Å². The van der Waals surface area contributed by atoms with Crippen LogP contribution in [0.4, 0.5) is 17.1 Å². The van der Waals surface area contributed by atoms with E-state index in [2.05, 4.69) is 39.3 Å². The minimum atomic E-state index is -0.258. The summed E-state index contributed by atoms with van der Waals surface area (Å²) in [7, 11) is 1.41. The minimum Gasteiger partial charge on any atom is -0.494 e. The first-order valence-corrected chi connectivity index (χ1v) is 11.9. The minimum absolute atomic E-state index is 0.140. The third kappa shape index (κ3) is 5.74. The Labute approximate surface area is 206 Å². The lowest BCUT2D eigenvalue weighted by Gasteiger charge is -2.33. The molecule has 0 fully saturated rings. The van der Waals surface area contributed by atoms with Crippen molar-refractivity contribution in [2.45, 2.75) is 38.8 Å². The zero-order valence-corrected chi connectivity index (χ0v) is 20.1. The summed E-state index contributed by atoms with van der Waals surface area (Å²) in [5, 5.41) is 1.91. The molecule has 1 heterocycles. The summed E-state index contributed by atoms with van der Waals surface area (Å²) >= 11 is 0. The molecular formula is C28H31N3O4. The van der Waals surface area contributed by atoms with Crippen molar-refractivity contribution in [2.75, 3.05) is 23.6 Å². The number of ether oxygens (including phenoxy) is 2. The van der Waals surface area contributed by atoms with Crippen LogP contribution in [0.5, 0.6) is 5.75 Å². The Bertz CT molecular complexity index is 1140. The van der Waals surface area contributed by atoms with Gasteiger partial charge >= 0.3 is 5.97 Å². The van der Waals surface area contributed by atoms with Gasteiger partial charge in [-0.1, -0.05) is 48.5 Å². The molecule has 0 spiro atoms. The van der Waals surface area contributed by atoms with Crippen LogP contribution in [0, 0.1) is 0 Å². The molecular weight excluding hydrogens is 442 g/mol. The first kappa shape index (κ1) is 24.1. The molecule has 0 aromatic heterocycles. The van der Waals surface area contributed by atoms with E-state index >= 15 is 0 Å². The molecule has 1 amide bonds. The number of fused-ring (bicyclic) bond motifs is 1. The number of unbranched alkanes of at least 4 members (excludes halogenated alkanes) is 2. The van der Waals surface area contributed by atoms with Crippen LogP contribution in [0.15, 0.2) is 78.9 Å². The molecule has 35 heavy (non-hydrogen) atoms. The lowest BCUT2D eigenvalue weighted by atomic mass is 10.1. The number of esters is 1. The molecule has 0 aliphatic carbocycles. The van der Waals surface area contributed by atoms with Crippen molar-refractivity contribution in [1.82, 2.24) is 5.43 Å². The van der Waals surface area contributed by atoms with Gasteiger partial charge in [0.2, 0.25) is 5.91 Å². The Morgan fingerprint density at radius 1 is 0.886 bits per heavy atom. The fraction of sp³-hybridized carbons (Fsp3) is 0.286. The van der Waals surface area contributed by atoms with E-state index in [1.54, 1.807) is 0 Å². The van der Waals surface area contributed by atoms with E-state index < -0.39 is 0 Å². The summed E-state index contributed by atoms with van der Waals surface area (Å²) in [4.78, 5) is 25.6. The second-order valence-corrected chi connectivity index (χ2v) is 8.41. The monoisotopic (exact) mass is 473 g/mol. The van der Waals surface area contributed by atoms with Crippen molar-refractivity contribution < 1.29 is 19.1 Å². The SMILES string of the molecule is COC(=O)CCCCCOc1ccc2c(c1)N(c1ccccc1)C(c1ccccc1)N2NC(C)=O. The van der Waals surface area contributed by atoms with Crippen molar-refractivity contribution in [3.05, 3.63) is 84.4 Å². The molecule has 4 rings (SSSR count). The van der Waals surface area contributed by atoms with Crippen LogP contribution in [0.3, 0.4) is 0 Å². The predicted octanol–water partition coefficient (Wildman–Crippen LogP) is 5.51. The summed E-state index contributed by atoms with van der Waals surface area (Å²) in [5.41, 5.74) is 6.92. The molecule has 1 N–H and O–H groups in total. The van der Waals surface area contributed by atoms with E-state index in [1.807, 2.05) is 59.6 Å². The topological polar surface area (TPSA) is 71.1 Å². The second-order valence-electron chi connectivity index (χ2n) is 8.41. The van der Waals surface area contributed by atoms with E-state index in [1.165, 1.54) is 14.0 Å². The first-order valence-electron chi connectivity index (χ1n) is 11.9. The molecule has 7 heteroatoms. The Balaban J connectivity index is 1.60. The molecule has 0 bridgehead atoms. The molecule has 1 aliphatic rings. The Kier molecular flexibility index (Phi) is 7.88. The third-order valence-electron chi connectivity index (χ3n) is 5.89. The second kappa shape index (κ2) is 11.4. The highest BCUT2D eigenvalue weighted by Gasteiger charge is 2.39. The molecule has 0 saturated heterocycles. The number of carbonyl (C=O) groups is 2. The number of nitrogens with zero attached hydrogens (tertiary/aromatic N) is 2. The largest absolute Gasteiger partial charge is 0.494 e. The van der Waals surface area contributed by atoms with E-state index in [-0.39, 0.29) is 18.0 Å². The van der Waals surface area contributed by atoms with Crippen molar-refractivity contribution in [3.8, 4) is 5.75 Å². The van der Waals surface area contributed by atoms with Crippen LogP contribution in [0.2, 0.25) is 0 Å². The van der Waals surface area contributed by atoms with Gasteiger partial charge < -0.3 is 14.4 Å². The number of para-hydroxylation sites is 1. The average Bonchev–Trinajstić information content (AvgIpc) is 3.19. The van der Waals surface area contributed by atoms with Crippen LogP contribution in [0.25, 0.3) is 0 Å². The third-order valence-corrected chi connectivity index (χ3v) is 5.89. The molecule has 182 valence electrons. The van der Waals surface area contributed by atoms with Crippen molar-refractivity contribution in [1.29, 1.82) is 0 Å². The maximum absolute atomic E-state index is 12.2. The van der Waals surface area contributed by atoms with Gasteiger partial charge in [0.1, 0.15) is 5.75 Å². The van der Waals surface area contributed by atoms with E-state index in [0.29, 0.717) is 13.0 Å². The smallest absolute Gasteiger partial charge is 0.305 e. The molecule has 1 unspecified atom stereocenters. The van der Waals surface area contributed by atoms with Gasteiger partial charge in [-0.3, -0.25) is 20.0 Å². The number of hydrogen-bond donors (Lipinski definition) is 1. The van der Waals surface area contributed by atoms with Crippen LogP contribution in [0.1, 0.15) is 44.3 Å². The quantitative estimate of drug-likeness (QED) is 0.309. The number of anilines is 3. The zero-order chi connectivity index (χ0) is 24.6. The zero-order valence-electron chi connectivity index (χ0n) is 20.1. The molecule has 1 atom stereocenters. The van der Waals surface area contributed by atoms with Gasteiger partial charge in [-0.15, -0.1) is 0 Å². The molecule has 0 radical (unpaired) electrons. The standard InChI is InChI=1S/C28H31N3O4/c1-21(32)29-31-25-18-17-24(35-19-11-5-10-16-27(33)34-2)20-26(25)30(23-14-8-4-9-15-23)28(31)22-12-6-3-7-13-22/h3-4,6-9,12-15,17-18,20,28H,5,10-11,16,19H2,1-2H3,(H,29,32). The molecule has 0 saturated carbocycles. The number of amides is 1. The number of hydrogen-bond acceptors (Lipinski definition) is 6. The van der Waals surface area contributed by atoms with Crippen molar-refractivity contribution >= 4 is 28.9 Å². The van der Waals surface area contributed by atoms with Crippen LogP contribution in [-0.4, -0.2) is 25.6 Å². The molecule has 1 aliphatic heterocycles. The van der Waals surface area contributed by atoms with E-state index in [4.69, 9.17) is 4.74 Å². The normalized spacial score (nSPS) is 14.4. The first-order chi connectivity index (χ1) is 17.1. The van der Waals surface area contributed by atoms with Gasteiger partial charge in [0, 0.05) is 25.1 Å². The summed E-state index contributed by atoms with van der Waals surface area (Å²) in [6.45, 7) is 2.08. The molecule has 3 aromatic rings. The summed E-state index contributed by atoms with van der Waals surface area (Å²) in [5.74, 6) is 0.440. The highest BCUT2D eigenvalue weighted by molar-refractivity contribution is 5.87. The Morgan fingerprint density at radius 3 is 2.29 bits per heavy atom. The lowest BCUT2D eigenvalue weighted by Crippen LogP contribution is -2.45. The van der Waals surface area contributed by atoms with Gasteiger partial charge in [-0.2, -0.15) is 0 Å². The average molecular weight is 474 g/mol. The Morgan fingerprint density at radius 2 is 1.60 bits per heavy atom. The van der Waals surface area contributed by atoms with Crippen molar-refractivity contribution in [3.63, 3.8) is 0 Å². The van der Waals surface area contributed by atoms with Crippen LogP contribution >= 0.6 is 0 Å². The van der Waals surface area contributed by atoms with Gasteiger partial charge in [0.15, 0.2) is 6.17 Å². The fourth-order valence-electron chi connectivity index (χ4n) is 4.29. The van der Waals surface area contributed by atoms with Crippen molar-refractivity contribution in [2.24, 2.45) is 0 Å². The van der Waals surface area contributed by atoms with Gasteiger partial charge in [0.25, 0.3) is 0 Å².